The summed E-state index contributed by atoms with van der Waals surface area (Å²) < 4.78 is 5.29. The summed E-state index contributed by atoms with van der Waals surface area (Å²) in [7, 11) is 0. The van der Waals surface area contributed by atoms with E-state index in [1.165, 1.54) is 9.75 Å². The van der Waals surface area contributed by atoms with Crippen LogP contribution in [-0.4, -0.2) is 31.3 Å². The van der Waals surface area contributed by atoms with E-state index in [-0.39, 0.29) is 0 Å². The second-order valence-electron chi connectivity index (χ2n) is 3.66. The molecular formula is C11H18N2OS. The maximum atomic E-state index is 5.29. The van der Waals surface area contributed by atoms with Gasteiger partial charge in [0.1, 0.15) is 0 Å². The Morgan fingerprint density at radius 1 is 1.33 bits per heavy atom. The zero-order valence-corrected chi connectivity index (χ0v) is 9.98. The first-order valence-corrected chi connectivity index (χ1v) is 6.34. The van der Waals surface area contributed by atoms with Crippen LogP contribution < -0.4 is 5.43 Å². The molecule has 0 radical (unpaired) electrons. The molecule has 4 heteroatoms. The van der Waals surface area contributed by atoms with E-state index in [1.54, 1.807) is 0 Å². The molecule has 1 fully saturated rings. The van der Waals surface area contributed by atoms with E-state index in [9.17, 15) is 0 Å². The first-order chi connectivity index (χ1) is 7.38. The molecule has 1 aliphatic rings. The third-order valence-corrected chi connectivity index (χ3v) is 3.78. The molecule has 0 aliphatic carbocycles. The Balaban J connectivity index is 1.76. The Morgan fingerprint density at radius 2 is 2.07 bits per heavy atom. The number of hydrogen-bond acceptors (Lipinski definition) is 4. The van der Waals surface area contributed by atoms with Gasteiger partial charge < -0.3 is 4.74 Å². The van der Waals surface area contributed by atoms with Crippen molar-refractivity contribution in [3.63, 3.8) is 0 Å². The van der Waals surface area contributed by atoms with Crippen molar-refractivity contribution < 1.29 is 4.74 Å². The van der Waals surface area contributed by atoms with Crippen LogP contribution in [0.25, 0.3) is 0 Å². The van der Waals surface area contributed by atoms with Crippen molar-refractivity contribution in [3.05, 3.63) is 21.9 Å². The highest BCUT2D eigenvalue weighted by atomic mass is 32.1. The molecule has 0 atom stereocenters. The van der Waals surface area contributed by atoms with Gasteiger partial charge in [0.05, 0.1) is 13.2 Å². The molecule has 1 aliphatic heterocycles. The molecular weight excluding hydrogens is 208 g/mol. The van der Waals surface area contributed by atoms with Crippen LogP contribution in [0, 0.1) is 0 Å². The average molecular weight is 226 g/mol. The highest BCUT2D eigenvalue weighted by Gasteiger charge is 2.09. The van der Waals surface area contributed by atoms with Gasteiger partial charge >= 0.3 is 0 Å². The number of hydrazine groups is 1. The van der Waals surface area contributed by atoms with Gasteiger partial charge in [0.2, 0.25) is 0 Å². The minimum absolute atomic E-state index is 0.845. The lowest BCUT2D eigenvalue weighted by Gasteiger charge is -2.26. The van der Waals surface area contributed by atoms with Crippen molar-refractivity contribution in [2.45, 2.75) is 19.9 Å². The van der Waals surface area contributed by atoms with Crippen LogP contribution in [0.15, 0.2) is 12.1 Å². The van der Waals surface area contributed by atoms with Crippen LogP contribution in [0.5, 0.6) is 0 Å². The Bertz CT molecular complexity index is 295. The minimum Gasteiger partial charge on any atom is -0.379 e. The molecule has 0 spiro atoms. The van der Waals surface area contributed by atoms with Gasteiger partial charge in [-0.25, -0.2) is 10.4 Å². The molecule has 0 amide bonds. The van der Waals surface area contributed by atoms with Gasteiger partial charge in [-0.3, -0.25) is 0 Å². The highest BCUT2D eigenvalue weighted by Crippen LogP contribution is 2.16. The van der Waals surface area contributed by atoms with Crippen LogP contribution in [-0.2, 0) is 17.7 Å². The lowest BCUT2D eigenvalue weighted by Crippen LogP contribution is -2.45. The summed E-state index contributed by atoms with van der Waals surface area (Å²) in [6.07, 6.45) is 1.14. The Kier molecular flexibility index (Phi) is 4.14. The van der Waals surface area contributed by atoms with Crippen molar-refractivity contribution in [1.82, 2.24) is 10.4 Å². The van der Waals surface area contributed by atoms with Crippen molar-refractivity contribution in [2.75, 3.05) is 26.3 Å². The molecule has 0 unspecified atom stereocenters. The summed E-state index contributed by atoms with van der Waals surface area (Å²) in [6, 6.07) is 4.44. The van der Waals surface area contributed by atoms with Gasteiger partial charge in [0.15, 0.2) is 0 Å². The molecule has 2 heterocycles. The number of nitrogens with zero attached hydrogens (tertiary/aromatic N) is 1. The predicted molar refractivity (Wildman–Crippen MR) is 62.9 cm³/mol. The Labute approximate surface area is 95.0 Å². The quantitative estimate of drug-likeness (QED) is 0.845. The molecule has 15 heavy (non-hydrogen) atoms. The fourth-order valence-electron chi connectivity index (χ4n) is 1.62. The minimum atomic E-state index is 0.845. The maximum absolute atomic E-state index is 5.29. The maximum Gasteiger partial charge on any atom is 0.0608 e. The fourth-order valence-corrected chi connectivity index (χ4v) is 2.51. The summed E-state index contributed by atoms with van der Waals surface area (Å²) in [6.45, 7) is 6.82. The van der Waals surface area contributed by atoms with E-state index >= 15 is 0 Å². The van der Waals surface area contributed by atoms with Crippen LogP contribution in [0.1, 0.15) is 16.7 Å². The lowest BCUT2D eigenvalue weighted by molar-refractivity contribution is 0.0107. The smallest absolute Gasteiger partial charge is 0.0608 e. The molecule has 0 aromatic carbocycles. The van der Waals surface area contributed by atoms with Gasteiger partial charge in [0, 0.05) is 29.4 Å². The van der Waals surface area contributed by atoms with Crippen molar-refractivity contribution in [2.24, 2.45) is 0 Å². The number of ether oxygens (including phenoxy) is 1. The molecule has 0 saturated carbocycles. The van der Waals surface area contributed by atoms with Crippen LogP contribution in [0.3, 0.4) is 0 Å². The van der Waals surface area contributed by atoms with Gasteiger partial charge in [-0.05, 0) is 18.6 Å². The zero-order chi connectivity index (χ0) is 10.5. The fraction of sp³-hybridized carbons (Fsp3) is 0.636. The van der Waals surface area contributed by atoms with E-state index in [0.717, 1.165) is 39.3 Å². The summed E-state index contributed by atoms with van der Waals surface area (Å²) in [5, 5.41) is 2.24. The molecule has 0 bridgehead atoms. The zero-order valence-electron chi connectivity index (χ0n) is 9.16. The predicted octanol–water partition coefficient (Wildman–Crippen LogP) is 1.65. The molecule has 1 N–H and O–H groups in total. The molecule has 1 saturated heterocycles. The topological polar surface area (TPSA) is 24.5 Å². The first kappa shape index (κ1) is 11.1. The Morgan fingerprint density at radius 3 is 2.73 bits per heavy atom. The van der Waals surface area contributed by atoms with Gasteiger partial charge in [-0.2, -0.15) is 0 Å². The molecule has 1 aromatic heterocycles. The number of hydrogen-bond donors (Lipinski definition) is 1. The van der Waals surface area contributed by atoms with Gasteiger partial charge in [-0.15, -0.1) is 11.3 Å². The second-order valence-corrected chi connectivity index (χ2v) is 4.91. The standard InChI is InChI=1S/C11H18N2OS/c1-2-10-3-4-11(15-10)9-12-13-5-7-14-8-6-13/h3-4,12H,2,5-9H2,1H3. The van der Waals surface area contributed by atoms with Crippen molar-refractivity contribution >= 4 is 11.3 Å². The third-order valence-electron chi connectivity index (χ3n) is 2.55. The summed E-state index contributed by atoms with van der Waals surface area (Å²) >= 11 is 1.90. The normalized spacial score (nSPS) is 18.2. The van der Waals surface area contributed by atoms with E-state index in [1.807, 2.05) is 11.3 Å². The Hall–Kier alpha value is -0.420. The van der Waals surface area contributed by atoms with Crippen LogP contribution in [0.2, 0.25) is 0 Å². The van der Waals surface area contributed by atoms with Crippen molar-refractivity contribution in [3.8, 4) is 0 Å². The second kappa shape index (κ2) is 5.61. The lowest BCUT2D eigenvalue weighted by atomic mass is 10.4. The number of morpholine rings is 1. The average Bonchev–Trinajstić information content (AvgIpc) is 2.76. The summed E-state index contributed by atoms with van der Waals surface area (Å²) in [4.78, 5) is 2.88. The summed E-state index contributed by atoms with van der Waals surface area (Å²) in [5.74, 6) is 0. The SMILES string of the molecule is CCc1ccc(CNN2CCOCC2)s1. The molecule has 84 valence electrons. The van der Waals surface area contributed by atoms with E-state index in [0.29, 0.717) is 0 Å². The number of nitrogens with one attached hydrogen (secondary N) is 1. The van der Waals surface area contributed by atoms with E-state index in [4.69, 9.17) is 4.74 Å². The van der Waals surface area contributed by atoms with Gasteiger partial charge in [-0.1, -0.05) is 6.92 Å². The van der Waals surface area contributed by atoms with E-state index in [2.05, 4.69) is 29.5 Å². The molecule has 1 aromatic rings. The first-order valence-electron chi connectivity index (χ1n) is 5.52. The number of thiophene rings is 1. The van der Waals surface area contributed by atoms with Crippen LogP contribution >= 0.6 is 11.3 Å². The third kappa shape index (κ3) is 3.28. The van der Waals surface area contributed by atoms with Crippen molar-refractivity contribution in [1.29, 1.82) is 0 Å². The molecule has 2 rings (SSSR count). The van der Waals surface area contributed by atoms with E-state index < -0.39 is 0 Å². The van der Waals surface area contributed by atoms with Crippen LogP contribution in [0.4, 0.5) is 0 Å². The van der Waals surface area contributed by atoms with Gasteiger partial charge in [0.25, 0.3) is 0 Å². The summed E-state index contributed by atoms with van der Waals surface area (Å²) in [5.41, 5.74) is 3.44. The monoisotopic (exact) mass is 226 g/mol. The number of rotatable bonds is 4. The number of aryl methyl sites for hydroxylation is 1. The largest absolute Gasteiger partial charge is 0.379 e. The molecule has 3 nitrogen and oxygen atoms in total. The highest BCUT2D eigenvalue weighted by molar-refractivity contribution is 7.11.